The van der Waals surface area contributed by atoms with E-state index in [0.29, 0.717) is 11.8 Å². The van der Waals surface area contributed by atoms with Crippen molar-refractivity contribution in [2.24, 2.45) is 17.8 Å². The molecule has 1 saturated carbocycles. The molecular formula is C12H18O2. The van der Waals surface area contributed by atoms with Gasteiger partial charge >= 0.3 is 5.97 Å². The summed E-state index contributed by atoms with van der Waals surface area (Å²) in [7, 11) is 0. The van der Waals surface area contributed by atoms with E-state index in [1.165, 1.54) is 0 Å². The maximum atomic E-state index is 11.8. The second-order valence-corrected chi connectivity index (χ2v) is 5.42. The minimum Gasteiger partial charge on any atom is -0.460 e. The second kappa shape index (κ2) is 3.11. The minimum atomic E-state index is -0.345. The maximum absolute atomic E-state index is 11.8. The van der Waals surface area contributed by atoms with Crippen molar-refractivity contribution in [3.63, 3.8) is 0 Å². The fraction of sp³-hybridized carbons (Fsp3) is 0.750. The summed E-state index contributed by atoms with van der Waals surface area (Å²) in [6, 6.07) is 0. The Kier molecular flexibility index (Phi) is 2.17. The van der Waals surface area contributed by atoms with E-state index in [-0.39, 0.29) is 17.5 Å². The average molecular weight is 194 g/mol. The fourth-order valence-corrected chi connectivity index (χ4v) is 2.43. The number of fused-ring (bicyclic) bond motifs is 2. The average Bonchev–Trinajstić information content (AvgIpc) is 2.59. The topological polar surface area (TPSA) is 26.3 Å². The number of hydrogen-bond acceptors (Lipinski definition) is 2. The lowest BCUT2D eigenvalue weighted by Crippen LogP contribution is -2.30. The Morgan fingerprint density at radius 1 is 1.29 bits per heavy atom. The molecule has 0 radical (unpaired) electrons. The number of ether oxygens (including phenoxy) is 1. The molecule has 0 N–H and O–H groups in total. The van der Waals surface area contributed by atoms with Crippen molar-refractivity contribution >= 4 is 5.97 Å². The van der Waals surface area contributed by atoms with Crippen LogP contribution in [0.4, 0.5) is 0 Å². The van der Waals surface area contributed by atoms with Crippen molar-refractivity contribution in [3.05, 3.63) is 12.2 Å². The van der Waals surface area contributed by atoms with Crippen LogP contribution in [0, 0.1) is 17.8 Å². The molecule has 0 amide bonds. The Morgan fingerprint density at radius 3 is 2.43 bits per heavy atom. The molecule has 0 aromatic rings. The highest BCUT2D eigenvalue weighted by atomic mass is 16.6. The van der Waals surface area contributed by atoms with Crippen LogP contribution >= 0.6 is 0 Å². The van der Waals surface area contributed by atoms with E-state index < -0.39 is 0 Å². The molecule has 2 nitrogen and oxygen atoms in total. The quantitative estimate of drug-likeness (QED) is 0.473. The van der Waals surface area contributed by atoms with Crippen LogP contribution < -0.4 is 0 Å². The number of carbonyl (C=O) groups excluding carboxylic acids is 1. The van der Waals surface area contributed by atoms with E-state index in [1.54, 1.807) is 0 Å². The highest BCUT2D eigenvalue weighted by molar-refractivity contribution is 5.74. The van der Waals surface area contributed by atoms with Crippen LogP contribution in [0.5, 0.6) is 0 Å². The minimum absolute atomic E-state index is 0.00523. The smallest absolute Gasteiger partial charge is 0.310 e. The second-order valence-electron chi connectivity index (χ2n) is 5.42. The standard InChI is InChI=1S/C12H18O2/c1-12(2,3)14-11(13)10-7-8-4-5-9(10)6-8/h4-5,8-10H,6-7H2,1-3H3/t8-,9+,10?/m0/s1. The van der Waals surface area contributed by atoms with Crippen LogP contribution in [-0.4, -0.2) is 11.6 Å². The summed E-state index contributed by atoms with van der Waals surface area (Å²) in [6.07, 6.45) is 6.58. The van der Waals surface area contributed by atoms with E-state index in [2.05, 4.69) is 12.2 Å². The molecule has 0 saturated heterocycles. The zero-order valence-corrected chi connectivity index (χ0v) is 9.12. The highest BCUT2D eigenvalue weighted by Gasteiger charge is 2.41. The number of hydrogen-bond donors (Lipinski definition) is 0. The molecule has 0 heterocycles. The molecule has 14 heavy (non-hydrogen) atoms. The van der Waals surface area contributed by atoms with Crippen molar-refractivity contribution in [2.75, 3.05) is 0 Å². The summed E-state index contributed by atoms with van der Waals surface area (Å²) in [4.78, 5) is 11.8. The molecular weight excluding hydrogens is 176 g/mol. The van der Waals surface area contributed by atoms with Gasteiger partial charge < -0.3 is 4.74 Å². The van der Waals surface area contributed by atoms with Gasteiger partial charge in [0.05, 0.1) is 5.92 Å². The molecule has 1 unspecified atom stereocenters. The van der Waals surface area contributed by atoms with Gasteiger partial charge in [-0.05, 0) is 45.4 Å². The Morgan fingerprint density at radius 2 is 2.00 bits per heavy atom. The lowest BCUT2D eigenvalue weighted by Gasteiger charge is -2.24. The normalized spacial score (nSPS) is 34.9. The van der Waals surface area contributed by atoms with Crippen molar-refractivity contribution in [3.8, 4) is 0 Å². The molecule has 0 aliphatic heterocycles. The summed E-state index contributed by atoms with van der Waals surface area (Å²) in [6.45, 7) is 5.77. The van der Waals surface area contributed by atoms with Gasteiger partial charge in [-0.1, -0.05) is 12.2 Å². The van der Waals surface area contributed by atoms with Gasteiger partial charge in [0, 0.05) is 0 Å². The molecule has 3 atom stereocenters. The molecule has 0 aromatic heterocycles. The van der Waals surface area contributed by atoms with E-state index in [9.17, 15) is 4.79 Å². The van der Waals surface area contributed by atoms with Gasteiger partial charge in [-0.25, -0.2) is 0 Å². The third kappa shape index (κ3) is 1.84. The Bertz CT molecular complexity index is 273. The zero-order valence-electron chi connectivity index (χ0n) is 9.12. The van der Waals surface area contributed by atoms with E-state index >= 15 is 0 Å². The van der Waals surface area contributed by atoms with Crippen LogP contribution in [0.25, 0.3) is 0 Å². The van der Waals surface area contributed by atoms with Crippen molar-refractivity contribution < 1.29 is 9.53 Å². The van der Waals surface area contributed by atoms with E-state index in [4.69, 9.17) is 4.74 Å². The molecule has 78 valence electrons. The third-order valence-corrected chi connectivity index (χ3v) is 2.99. The van der Waals surface area contributed by atoms with Gasteiger partial charge in [0.25, 0.3) is 0 Å². The third-order valence-electron chi connectivity index (χ3n) is 2.99. The van der Waals surface area contributed by atoms with E-state index in [1.807, 2.05) is 20.8 Å². The van der Waals surface area contributed by atoms with Crippen LogP contribution in [0.1, 0.15) is 33.6 Å². The van der Waals surface area contributed by atoms with Gasteiger partial charge in [-0.2, -0.15) is 0 Å². The van der Waals surface area contributed by atoms with Crippen molar-refractivity contribution in [1.29, 1.82) is 0 Å². The summed E-state index contributed by atoms with van der Waals surface area (Å²) in [5.74, 6) is 1.21. The first-order chi connectivity index (χ1) is 6.46. The largest absolute Gasteiger partial charge is 0.460 e. The summed E-state index contributed by atoms with van der Waals surface area (Å²) < 4.78 is 5.40. The predicted molar refractivity (Wildman–Crippen MR) is 54.7 cm³/mol. The lowest BCUT2D eigenvalue weighted by atomic mass is 9.93. The molecule has 2 rings (SSSR count). The fourth-order valence-electron chi connectivity index (χ4n) is 2.43. The summed E-state index contributed by atoms with van der Waals surface area (Å²) >= 11 is 0. The molecule has 2 aliphatic rings. The van der Waals surface area contributed by atoms with Gasteiger partial charge in [0.15, 0.2) is 0 Å². The molecule has 0 spiro atoms. The van der Waals surface area contributed by atoms with Crippen LogP contribution in [0.2, 0.25) is 0 Å². The van der Waals surface area contributed by atoms with Gasteiger partial charge in [0.2, 0.25) is 0 Å². The van der Waals surface area contributed by atoms with Crippen molar-refractivity contribution in [1.82, 2.24) is 0 Å². The zero-order chi connectivity index (χ0) is 10.3. The molecule has 2 heteroatoms. The molecule has 0 aromatic carbocycles. The predicted octanol–water partition coefficient (Wildman–Crippen LogP) is 2.54. The number of rotatable bonds is 1. The van der Waals surface area contributed by atoms with Gasteiger partial charge in [-0.15, -0.1) is 0 Å². The van der Waals surface area contributed by atoms with Crippen molar-refractivity contribution in [2.45, 2.75) is 39.2 Å². The number of allylic oxidation sites excluding steroid dienone is 2. The first kappa shape index (κ1) is 9.75. The monoisotopic (exact) mass is 194 g/mol. The van der Waals surface area contributed by atoms with Crippen LogP contribution in [0.15, 0.2) is 12.2 Å². The SMILES string of the molecule is CC(C)(C)OC(=O)C1C[C@H]2C=C[C@@H]1C2. The summed E-state index contributed by atoms with van der Waals surface area (Å²) in [5.41, 5.74) is -0.345. The lowest BCUT2D eigenvalue weighted by molar-refractivity contribution is -0.160. The maximum Gasteiger partial charge on any atom is 0.310 e. The number of carbonyl (C=O) groups is 1. The van der Waals surface area contributed by atoms with Crippen LogP contribution in [-0.2, 0) is 9.53 Å². The van der Waals surface area contributed by atoms with Crippen LogP contribution in [0.3, 0.4) is 0 Å². The Hall–Kier alpha value is -0.790. The Balaban J connectivity index is 1.97. The Labute approximate surface area is 85.3 Å². The number of esters is 1. The highest BCUT2D eigenvalue weighted by Crippen LogP contribution is 2.44. The molecule has 2 aliphatic carbocycles. The molecule has 1 fully saturated rings. The van der Waals surface area contributed by atoms with Gasteiger partial charge in [-0.3, -0.25) is 4.79 Å². The molecule has 2 bridgehead atoms. The summed E-state index contributed by atoms with van der Waals surface area (Å²) in [5, 5.41) is 0. The first-order valence-corrected chi connectivity index (χ1v) is 5.37. The first-order valence-electron chi connectivity index (χ1n) is 5.37. The van der Waals surface area contributed by atoms with E-state index in [0.717, 1.165) is 12.8 Å². The van der Waals surface area contributed by atoms with Gasteiger partial charge in [0.1, 0.15) is 5.60 Å².